The zero-order chi connectivity index (χ0) is 15.5. The van der Waals surface area contributed by atoms with Crippen LogP contribution in [0.1, 0.15) is 33.6 Å². The van der Waals surface area contributed by atoms with E-state index in [9.17, 15) is 14.7 Å². The van der Waals surface area contributed by atoms with Crippen LogP contribution in [-0.2, 0) is 9.59 Å². The van der Waals surface area contributed by atoms with Crippen molar-refractivity contribution < 1.29 is 14.7 Å². The molecule has 1 heterocycles. The number of hydrogen-bond acceptors (Lipinski definition) is 3. The van der Waals surface area contributed by atoms with Gasteiger partial charge in [-0.2, -0.15) is 0 Å². The molecule has 1 rings (SSSR count). The molecule has 1 aliphatic rings. The Kier molecular flexibility index (Phi) is 5.63. The van der Waals surface area contributed by atoms with E-state index in [0.717, 1.165) is 19.2 Å². The molecule has 0 spiro atoms. The summed E-state index contributed by atoms with van der Waals surface area (Å²) in [5.74, 6) is -0.975. The Labute approximate surface area is 122 Å². The highest BCUT2D eigenvalue weighted by molar-refractivity contribution is 6.08. The van der Waals surface area contributed by atoms with Crippen molar-refractivity contribution in [3.05, 3.63) is 0 Å². The second kappa shape index (κ2) is 6.61. The first-order chi connectivity index (χ1) is 9.24. The number of aliphatic carboxylic acids is 1. The first kappa shape index (κ1) is 17.0. The van der Waals surface area contributed by atoms with Crippen molar-refractivity contribution in [2.24, 2.45) is 23.5 Å². The zero-order valence-electron chi connectivity index (χ0n) is 13.1. The summed E-state index contributed by atoms with van der Waals surface area (Å²) in [5, 5.41) is 9.43. The number of carboxylic acids is 1. The van der Waals surface area contributed by atoms with Gasteiger partial charge in [-0.05, 0) is 12.3 Å². The molecule has 1 amide bonds. The highest BCUT2D eigenvalue weighted by Crippen LogP contribution is 2.31. The van der Waals surface area contributed by atoms with Crippen LogP contribution < -0.4 is 5.73 Å². The van der Waals surface area contributed by atoms with Crippen molar-refractivity contribution in [1.29, 1.82) is 0 Å². The quantitative estimate of drug-likeness (QED) is 0.689. The molecule has 1 saturated heterocycles. The highest BCUT2D eigenvalue weighted by Gasteiger charge is 2.50. The van der Waals surface area contributed by atoms with Crippen LogP contribution in [0, 0.1) is 17.8 Å². The van der Waals surface area contributed by atoms with E-state index in [1.807, 2.05) is 20.8 Å². The van der Waals surface area contributed by atoms with Crippen molar-refractivity contribution in [3.8, 4) is 0 Å². The number of amides is 1. The molecule has 1 fully saturated rings. The lowest BCUT2D eigenvalue weighted by atomic mass is 9.83. The summed E-state index contributed by atoms with van der Waals surface area (Å²) >= 11 is 0. The predicted octanol–water partition coefficient (Wildman–Crippen LogP) is 0.351. The minimum Gasteiger partial charge on any atom is -0.480 e. The van der Waals surface area contributed by atoms with E-state index in [1.165, 1.54) is 0 Å². The maximum Gasteiger partial charge on any atom is 0.325 e. The third-order valence-electron chi connectivity index (χ3n) is 4.63. The summed E-state index contributed by atoms with van der Waals surface area (Å²) in [7, 11) is 2.07. The van der Waals surface area contributed by atoms with Crippen molar-refractivity contribution in [1.82, 2.24) is 4.90 Å². The first-order valence-corrected chi connectivity index (χ1v) is 7.55. The van der Waals surface area contributed by atoms with Gasteiger partial charge < -0.3 is 15.7 Å². The van der Waals surface area contributed by atoms with Crippen LogP contribution in [0.5, 0.6) is 0 Å². The van der Waals surface area contributed by atoms with Crippen LogP contribution >= 0.6 is 0 Å². The molecule has 0 saturated carbocycles. The molecule has 20 heavy (non-hydrogen) atoms. The SMILES string of the molecule is BCCC[C@H]1CN(C(=O)[C@@H](C)C(C)C)C[C@@]1(N)C(=O)O. The highest BCUT2D eigenvalue weighted by atomic mass is 16.4. The molecule has 1 aliphatic heterocycles. The summed E-state index contributed by atoms with van der Waals surface area (Å²) < 4.78 is 0. The van der Waals surface area contributed by atoms with Gasteiger partial charge in [0.2, 0.25) is 5.91 Å². The minimum atomic E-state index is -1.29. The number of hydrogen-bond donors (Lipinski definition) is 2. The Morgan fingerprint density at radius 3 is 2.50 bits per heavy atom. The van der Waals surface area contributed by atoms with Crippen LogP contribution in [0.15, 0.2) is 0 Å². The molecule has 0 bridgehead atoms. The molecular formula is C14H27BN2O3. The van der Waals surface area contributed by atoms with Gasteiger partial charge in [0.1, 0.15) is 13.4 Å². The van der Waals surface area contributed by atoms with Gasteiger partial charge in [-0.15, -0.1) is 0 Å². The van der Waals surface area contributed by atoms with Crippen LogP contribution in [0.4, 0.5) is 0 Å². The maximum atomic E-state index is 12.4. The predicted molar refractivity (Wildman–Crippen MR) is 81.2 cm³/mol. The smallest absolute Gasteiger partial charge is 0.325 e. The van der Waals surface area contributed by atoms with E-state index in [-0.39, 0.29) is 30.2 Å². The van der Waals surface area contributed by atoms with Gasteiger partial charge in [0.05, 0.1) is 0 Å². The first-order valence-electron chi connectivity index (χ1n) is 7.55. The lowest BCUT2D eigenvalue weighted by Gasteiger charge is -2.25. The fourth-order valence-electron chi connectivity index (χ4n) is 2.72. The summed E-state index contributed by atoms with van der Waals surface area (Å²) in [6.45, 7) is 6.50. The van der Waals surface area contributed by atoms with E-state index in [0.29, 0.717) is 6.54 Å². The van der Waals surface area contributed by atoms with Gasteiger partial charge in [0, 0.05) is 24.9 Å². The molecule has 114 valence electrons. The molecule has 5 nitrogen and oxygen atoms in total. The number of nitrogens with zero attached hydrogens (tertiary/aromatic N) is 1. The van der Waals surface area contributed by atoms with Crippen LogP contribution in [0.25, 0.3) is 0 Å². The Balaban J connectivity index is 2.84. The zero-order valence-corrected chi connectivity index (χ0v) is 13.1. The standard InChI is InChI=1S/C14H27BN2O3/c1-9(2)10(3)12(18)17-7-11(5-4-6-15)14(16,8-17)13(19)20/h9-11H,4-8,15-16H2,1-3H3,(H,19,20)/t10-,11-,14-/m0/s1. The average molecular weight is 282 g/mol. The van der Waals surface area contributed by atoms with E-state index in [1.54, 1.807) is 4.90 Å². The summed E-state index contributed by atoms with van der Waals surface area (Å²) in [4.78, 5) is 25.6. The minimum absolute atomic E-state index is 0.0232. The number of carbonyl (C=O) groups excluding carboxylic acids is 1. The average Bonchev–Trinajstić information content (AvgIpc) is 2.73. The summed E-state index contributed by atoms with van der Waals surface area (Å²) in [6, 6.07) is 0. The normalized spacial score (nSPS) is 27.9. The molecular weight excluding hydrogens is 255 g/mol. The molecule has 0 aliphatic carbocycles. The monoisotopic (exact) mass is 282 g/mol. The Bertz CT molecular complexity index is 375. The van der Waals surface area contributed by atoms with Crippen molar-refractivity contribution in [2.75, 3.05) is 13.1 Å². The fraction of sp³-hybridized carbons (Fsp3) is 0.857. The van der Waals surface area contributed by atoms with E-state index >= 15 is 0 Å². The molecule has 3 N–H and O–H groups in total. The fourth-order valence-corrected chi connectivity index (χ4v) is 2.72. The second-order valence-corrected chi connectivity index (χ2v) is 6.44. The van der Waals surface area contributed by atoms with Crippen molar-refractivity contribution in [2.45, 2.75) is 45.5 Å². The maximum absolute atomic E-state index is 12.4. The van der Waals surface area contributed by atoms with Crippen molar-refractivity contribution in [3.63, 3.8) is 0 Å². The Morgan fingerprint density at radius 1 is 1.45 bits per heavy atom. The van der Waals surface area contributed by atoms with Crippen LogP contribution in [0.2, 0.25) is 6.32 Å². The van der Waals surface area contributed by atoms with E-state index in [4.69, 9.17) is 5.73 Å². The molecule has 0 aromatic carbocycles. The number of carbonyl (C=O) groups is 2. The second-order valence-electron chi connectivity index (χ2n) is 6.44. The lowest BCUT2D eigenvalue weighted by molar-refractivity contribution is -0.144. The third kappa shape index (κ3) is 3.34. The molecule has 6 heteroatoms. The van der Waals surface area contributed by atoms with Gasteiger partial charge in [-0.3, -0.25) is 9.59 Å². The van der Waals surface area contributed by atoms with E-state index in [2.05, 4.69) is 7.85 Å². The summed E-state index contributed by atoms with van der Waals surface area (Å²) in [5.41, 5.74) is 4.81. The number of carboxylic acid groups (broad SMARTS) is 1. The van der Waals surface area contributed by atoms with Gasteiger partial charge in [-0.1, -0.05) is 33.5 Å². The number of likely N-dealkylation sites (tertiary alicyclic amines) is 1. The largest absolute Gasteiger partial charge is 0.480 e. The number of rotatable bonds is 6. The van der Waals surface area contributed by atoms with Crippen LogP contribution in [0.3, 0.4) is 0 Å². The van der Waals surface area contributed by atoms with E-state index < -0.39 is 11.5 Å². The molecule has 0 aromatic heterocycles. The molecule has 0 radical (unpaired) electrons. The van der Waals surface area contributed by atoms with Crippen molar-refractivity contribution >= 4 is 19.7 Å². The van der Waals surface area contributed by atoms with Crippen LogP contribution in [-0.4, -0.2) is 48.4 Å². The summed E-state index contributed by atoms with van der Waals surface area (Å²) in [6.07, 6.45) is 2.71. The molecule has 0 aromatic rings. The molecule has 3 atom stereocenters. The molecule has 0 unspecified atom stereocenters. The number of nitrogens with two attached hydrogens (primary N) is 1. The topological polar surface area (TPSA) is 83.6 Å². The lowest BCUT2D eigenvalue weighted by Crippen LogP contribution is -2.55. The van der Waals surface area contributed by atoms with Gasteiger partial charge in [0.25, 0.3) is 0 Å². The Morgan fingerprint density at radius 2 is 2.05 bits per heavy atom. The van der Waals surface area contributed by atoms with Gasteiger partial charge >= 0.3 is 5.97 Å². The van der Waals surface area contributed by atoms with Gasteiger partial charge in [-0.25, -0.2) is 0 Å². The third-order valence-corrected chi connectivity index (χ3v) is 4.63. The van der Waals surface area contributed by atoms with Gasteiger partial charge in [0.15, 0.2) is 0 Å². The Hall–Kier alpha value is -1.04.